The van der Waals surface area contributed by atoms with Crippen LogP contribution in [0, 0.1) is 0 Å². The van der Waals surface area contributed by atoms with Crippen molar-refractivity contribution in [2.45, 2.75) is 6.61 Å². The molecule has 0 aliphatic carbocycles. The Morgan fingerprint density at radius 3 is 2.35 bits per heavy atom. The lowest BCUT2D eigenvalue weighted by Gasteiger charge is -2.17. The van der Waals surface area contributed by atoms with Gasteiger partial charge < -0.3 is 25.3 Å². The van der Waals surface area contributed by atoms with Crippen LogP contribution in [0.5, 0.6) is 17.2 Å². The minimum absolute atomic E-state index is 0.104. The molecule has 3 rings (SSSR count). The average Bonchev–Trinajstić information content (AvgIpc) is 2.61. The smallest absolute Gasteiger partial charge is 0.387 e. The average molecular weight is 362 g/mol. The highest BCUT2D eigenvalue weighted by Crippen LogP contribution is 2.41. The molecule has 136 valence electrons. The minimum atomic E-state index is -2.98. The van der Waals surface area contributed by atoms with Crippen LogP contribution in [0.2, 0.25) is 0 Å². The number of ether oxygens (including phenoxy) is 3. The standard InChI is InChI=1S/C17H16F2N4O3/c1-24-13-8-9(26-17(18)19)7-12(14(13)25-2)23-16-15(20)21-10-5-3-4-6-11(10)22-16/h3-8,17H,1-2H3,(H2,20,21)(H,22,23). The van der Waals surface area contributed by atoms with E-state index in [0.29, 0.717) is 16.7 Å². The van der Waals surface area contributed by atoms with Gasteiger partial charge in [0, 0.05) is 12.1 Å². The molecule has 0 fully saturated rings. The lowest BCUT2D eigenvalue weighted by molar-refractivity contribution is -0.0499. The number of nitrogens with zero attached hydrogens (tertiary/aromatic N) is 2. The summed E-state index contributed by atoms with van der Waals surface area (Å²) >= 11 is 0. The molecule has 7 nitrogen and oxygen atoms in total. The Balaban J connectivity index is 2.06. The molecule has 0 aliphatic rings. The van der Waals surface area contributed by atoms with Crippen LogP contribution in [-0.2, 0) is 0 Å². The third-order valence-corrected chi connectivity index (χ3v) is 3.53. The van der Waals surface area contributed by atoms with Gasteiger partial charge >= 0.3 is 6.61 Å². The van der Waals surface area contributed by atoms with E-state index in [1.54, 1.807) is 12.1 Å². The third-order valence-electron chi connectivity index (χ3n) is 3.53. The number of hydrogen-bond acceptors (Lipinski definition) is 7. The molecule has 0 unspecified atom stereocenters. The molecule has 3 aromatic rings. The van der Waals surface area contributed by atoms with Crippen LogP contribution < -0.4 is 25.3 Å². The molecular formula is C17H16F2N4O3. The number of fused-ring (bicyclic) bond motifs is 1. The maximum Gasteiger partial charge on any atom is 0.387 e. The van der Waals surface area contributed by atoms with Crippen molar-refractivity contribution in [3.8, 4) is 17.2 Å². The van der Waals surface area contributed by atoms with Crippen LogP contribution in [0.25, 0.3) is 11.0 Å². The van der Waals surface area contributed by atoms with E-state index in [0.717, 1.165) is 0 Å². The normalized spacial score (nSPS) is 10.8. The Morgan fingerprint density at radius 1 is 1.04 bits per heavy atom. The largest absolute Gasteiger partial charge is 0.493 e. The lowest BCUT2D eigenvalue weighted by Crippen LogP contribution is -2.06. The molecular weight excluding hydrogens is 346 g/mol. The number of hydrogen-bond donors (Lipinski definition) is 2. The first-order chi connectivity index (χ1) is 12.5. The Labute approximate surface area is 147 Å². The molecule has 26 heavy (non-hydrogen) atoms. The Kier molecular flexibility index (Phi) is 4.87. The van der Waals surface area contributed by atoms with Gasteiger partial charge in [-0.3, -0.25) is 0 Å². The summed E-state index contributed by atoms with van der Waals surface area (Å²) < 4.78 is 40.1. The van der Waals surface area contributed by atoms with E-state index in [1.165, 1.54) is 26.4 Å². The summed E-state index contributed by atoms with van der Waals surface area (Å²) in [5.74, 6) is 0.777. The van der Waals surface area contributed by atoms with Crippen molar-refractivity contribution in [3.05, 3.63) is 36.4 Å². The molecule has 0 saturated heterocycles. The summed E-state index contributed by atoms with van der Waals surface area (Å²) in [6.45, 7) is -2.98. The van der Waals surface area contributed by atoms with Gasteiger partial charge in [-0.05, 0) is 12.1 Å². The number of nitrogen functional groups attached to an aromatic ring is 1. The molecule has 0 aliphatic heterocycles. The highest BCUT2D eigenvalue weighted by atomic mass is 19.3. The number of anilines is 3. The Morgan fingerprint density at radius 2 is 1.73 bits per heavy atom. The van der Waals surface area contributed by atoms with Crippen molar-refractivity contribution in [3.63, 3.8) is 0 Å². The number of benzene rings is 2. The molecule has 0 atom stereocenters. The van der Waals surface area contributed by atoms with Crippen molar-refractivity contribution >= 4 is 28.4 Å². The molecule has 0 bridgehead atoms. The number of methoxy groups -OCH3 is 2. The quantitative estimate of drug-likeness (QED) is 0.692. The van der Waals surface area contributed by atoms with Gasteiger partial charge in [0.2, 0.25) is 0 Å². The lowest BCUT2D eigenvalue weighted by atomic mass is 10.2. The van der Waals surface area contributed by atoms with E-state index in [2.05, 4.69) is 20.0 Å². The summed E-state index contributed by atoms with van der Waals surface area (Å²) in [7, 11) is 2.81. The van der Waals surface area contributed by atoms with Gasteiger partial charge in [-0.25, -0.2) is 9.97 Å². The molecule has 1 aromatic heterocycles. The number of nitrogens with one attached hydrogen (secondary N) is 1. The van der Waals surface area contributed by atoms with Gasteiger partial charge in [0.25, 0.3) is 0 Å². The van der Waals surface area contributed by atoms with Gasteiger partial charge in [-0.15, -0.1) is 0 Å². The van der Waals surface area contributed by atoms with Crippen LogP contribution in [-0.4, -0.2) is 30.8 Å². The van der Waals surface area contributed by atoms with Crippen molar-refractivity contribution < 1.29 is 23.0 Å². The van der Waals surface area contributed by atoms with Gasteiger partial charge in [-0.1, -0.05) is 12.1 Å². The number of rotatable bonds is 6. The Hall–Kier alpha value is -3.36. The number of alkyl halides is 2. The molecule has 0 spiro atoms. The first-order valence-corrected chi connectivity index (χ1v) is 7.52. The SMILES string of the molecule is COc1cc(OC(F)F)cc(Nc2nc3ccccc3nc2N)c1OC. The second-order valence-electron chi connectivity index (χ2n) is 5.16. The fourth-order valence-electron chi connectivity index (χ4n) is 2.44. The van der Waals surface area contributed by atoms with E-state index in [9.17, 15) is 8.78 Å². The molecule has 1 heterocycles. The Bertz CT molecular complexity index is 937. The van der Waals surface area contributed by atoms with Crippen molar-refractivity contribution in [1.29, 1.82) is 0 Å². The summed E-state index contributed by atoms with van der Waals surface area (Å²) in [6, 6.07) is 9.83. The van der Waals surface area contributed by atoms with Crippen LogP contribution in [0.3, 0.4) is 0 Å². The second kappa shape index (κ2) is 7.26. The van der Waals surface area contributed by atoms with E-state index in [-0.39, 0.29) is 28.9 Å². The highest BCUT2D eigenvalue weighted by molar-refractivity contribution is 5.82. The molecule has 3 N–H and O–H groups in total. The van der Waals surface area contributed by atoms with Gasteiger partial charge in [0.05, 0.1) is 30.9 Å². The van der Waals surface area contributed by atoms with Crippen LogP contribution >= 0.6 is 0 Å². The van der Waals surface area contributed by atoms with E-state index < -0.39 is 6.61 Å². The van der Waals surface area contributed by atoms with Crippen molar-refractivity contribution in [2.75, 3.05) is 25.3 Å². The molecule has 2 aromatic carbocycles. The summed E-state index contributed by atoms with van der Waals surface area (Å²) in [5, 5.41) is 2.94. The zero-order valence-electron chi connectivity index (χ0n) is 14.0. The van der Waals surface area contributed by atoms with Crippen LogP contribution in [0.15, 0.2) is 36.4 Å². The van der Waals surface area contributed by atoms with E-state index >= 15 is 0 Å². The number of halogens is 2. The fourth-order valence-corrected chi connectivity index (χ4v) is 2.44. The number of nitrogens with two attached hydrogens (primary N) is 1. The zero-order chi connectivity index (χ0) is 18.7. The summed E-state index contributed by atoms with van der Waals surface area (Å²) in [6.07, 6.45) is 0. The van der Waals surface area contributed by atoms with Crippen LogP contribution in [0.1, 0.15) is 0 Å². The van der Waals surface area contributed by atoms with Crippen LogP contribution in [0.4, 0.5) is 26.1 Å². The number of aromatic nitrogens is 2. The van der Waals surface area contributed by atoms with Crippen molar-refractivity contribution in [1.82, 2.24) is 9.97 Å². The number of para-hydroxylation sites is 2. The summed E-state index contributed by atoms with van der Waals surface area (Å²) in [4.78, 5) is 8.68. The maximum absolute atomic E-state index is 12.6. The molecule has 0 saturated carbocycles. The van der Waals surface area contributed by atoms with Gasteiger partial charge in [0.15, 0.2) is 23.1 Å². The fraction of sp³-hybridized carbons (Fsp3) is 0.176. The molecule has 0 amide bonds. The topological polar surface area (TPSA) is 91.5 Å². The second-order valence-corrected chi connectivity index (χ2v) is 5.16. The predicted molar refractivity (Wildman–Crippen MR) is 93.4 cm³/mol. The highest BCUT2D eigenvalue weighted by Gasteiger charge is 2.17. The minimum Gasteiger partial charge on any atom is -0.493 e. The first-order valence-electron chi connectivity index (χ1n) is 7.52. The monoisotopic (exact) mass is 362 g/mol. The van der Waals surface area contributed by atoms with Crippen molar-refractivity contribution in [2.24, 2.45) is 0 Å². The molecule has 9 heteroatoms. The van der Waals surface area contributed by atoms with Gasteiger partial charge in [0.1, 0.15) is 5.75 Å². The molecule has 0 radical (unpaired) electrons. The summed E-state index contributed by atoms with van der Waals surface area (Å²) in [5.41, 5.74) is 7.50. The predicted octanol–water partition coefficient (Wildman–Crippen LogP) is 3.57. The third kappa shape index (κ3) is 3.51. The van der Waals surface area contributed by atoms with E-state index in [4.69, 9.17) is 15.2 Å². The first kappa shape index (κ1) is 17.5. The van der Waals surface area contributed by atoms with E-state index in [1.807, 2.05) is 12.1 Å². The van der Waals surface area contributed by atoms with Gasteiger partial charge in [-0.2, -0.15) is 8.78 Å². The maximum atomic E-state index is 12.6. The zero-order valence-corrected chi connectivity index (χ0v) is 14.0.